The van der Waals surface area contributed by atoms with Gasteiger partial charge in [0.15, 0.2) is 5.69 Å². The van der Waals surface area contributed by atoms with Crippen LogP contribution in [0.2, 0.25) is 0 Å². The Labute approximate surface area is 99.5 Å². The van der Waals surface area contributed by atoms with Crippen molar-refractivity contribution < 1.29 is 4.79 Å². The zero-order valence-electron chi connectivity index (χ0n) is 9.84. The molecule has 1 amide bonds. The lowest BCUT2D eigenvalue weighted by molar-refractivity contribution is 0.0946. The highest BCUT2D eigenvalue weighted by Crippen LogP contribution is 2.06. The average molecular weight is 230 g/mol. The molecule has 17 heavy (non-hydrogen) atoms. The molecule has 0 bridgehead atoms. The maximum Gasteiger partial charge on any atom is 0.273 e. The smallest absolute Gasteiger partial charge is 0.273 e. The molecule has 0 saturated heterocycles. The number of hydrogen-bond donors (Lipinski definition) is 1. The van der Waals surface area contributed by atoms with E-state index < -0.39 is 0 Å². The summed E-state index contributed by atoms with van der Waals surface area (Å²) in [6.45, 7) is 2.52. The predicted octanol–water partition coefficient (Wildman–Crippen LogP) is 1.05. The van der Waals surface area contributed by atoms with Gasteiger partial charge in [0.2, 0.25) is 0 Å². The highest BCUT2D eigenvalue weighted by atomic mass is 16.2. The summed E-state index contributed by atoms with van der Waals surface area (Å²) in [4.78, 5) is 11.7. The number of aromatic nitrogens is 3. The average Bonchev–Trinajstić information content (AvgIpc) is 2.74. The maximum atomic E-state index is 11.7. The molecule has 0 saturated carbocycles. The third-order valence-corrected chi connectivity index (χ3v) is 2.54. The summed E-state index contributed by atoms with van der Waals surface area (Å²) in [7, 11) is 1.73. The Kier molecular flexibility index (Phi) is 3.18. The van der Waals surface area contributed by atoms with Gasteiger partial charge >= 0.3 is 0 Å². The Balaban J connectivity index is 1.99. The van der Waals surface area contributed by atoms with E-state index in [9.17, 15) is 4.79 Å². The van der Waals surface area contributed by atoms with Gasteiger partial charge in [-0.15, -0.1) is 5.10 Å². The lowest BCUT2D eigenvalue weighted by Crippen LogP contribution is -2.23. The fourth-order valence-corrected chi connectivity index (χ4v) is 1.53. The first kappa shape index (κ1) is 11.3. The number of carbonyl (C=O) groups excluding carboxylic acids is 1. The second-order valence-corrected chi connectivity index (χ2v) is 3.89. The van der Waals surface area contributed by atoms with E-state index in [1.807, 2.05) is 31.2 Å². The third kappa shape index (κ3) is 2.69. The molecule has 0 unspecified atom stereocenters. The van der Waals surface area contributed by atoms with E-state index in [4.69, 9.17) is 0 Å². The van der Waals surface area contributed by atoms with Gasteiger partial charge in [-0.1, -0.05) is 29.5 Å². The van der Waals surface area contributed by atoms with Crippen LogP contribution in [0.5, 0.6) is 0 Å². The Bertz CT molecular complexity index is 533. The van der Waals surface area contributed by atoms with Gasteiger partial charge in [-0.25, -0.2) is 0 Å². The van der Waals surface area contributed by atoms with Crippen molar-refractivity contribution in [3.63, 3.8) is 0 Å². The summed E-state index contributed by atoms with van der Waals surface area (Å²) in [5, 5.41) is 10.3. The summed E-state index contributed by atoms with van der Waals surface area (Å²) >= 11 is 0. The van der Waals surface area contributed by atoms with E-state index in [2.05, 4.69) is 15.6 Å². The van der Waals surface area contributed by atoms with Crippen LogP contribution in [0.25, 0.3) is 0 Å². The standard InChI is InChI=1S/C12H14N4O/c1-9-5-3-4-6-10(9)7-13-12(17)11-8-16(2)15-14-11/h3-6,8H,7H2,1-2H3,(H,13,17). The monoisotopic (exact) mass is 230 g/mol. The van der Waals surface area contributed by atoms with E-state index in [-0.39, 0.29) is 5.91 Å². The van der Waals surface area contributed by atoms with Crippen molar-refractivity contribution in [2.45, 2.75) is 13.5 Å². The van der Waals surface area contributed by atoms with Gasteiger partial charge in [0.1, 0.15) is 0 Å². The van der Waals surface area contributed by atoms with Crippen LogP contribution in [0.3, 0.4) is 0 Å². The van der Waals surface area contributed by atoms with Crippen molar-refractivity contribution in [2.24, 2.45) is 7.05 Å². The van der Waals surface area contributed by atoms with E-state index in [1.165, 1.54) is 4.68 Å². The Hall–Kier alpha value is -2.17. The highest BCUT2D eigenvalue weighted by Gasteiger charge is 2.09. The Morgan fingerprint density at radius 3 is 2.82 bits per heavy atom. The van der Waals surface area contributed by atoms with Crippen molar-refractivity contribution in [3.05, 3.63) is 47.3 Å². The lowest BCUT2D eigenvalue weighted by Gasteiger charge is -2.05. The van der Waals surface area contributed by atoms with Crippen LogP contribution in [0.15, 0.2) is 30.5 Å². The molecule has 1 aromatic heterocycles. The maximum absolute atomic E-state index is 11.7. The molecule has 88 valence electrons. The number of carbonyl (C=O) groups is 1. The number of aryl methyl sites for hydroxylation is 2. The first-order valence-electron chi connectivity index (χ1n) is 5.36. The SMILES string of the molecule is Cc1ccccc1CNC(=O)c1cn(C)nn1. The molecule has 1 heterocycles. The molecule has 5 nitrogen and oxygen atoms in total. The minimum Gasteiger partial charge on any atom is -0.347 e. The predicted molar refractivity (Wildman–Crippen MR) is 63.4 cm³/mol. The summed E-state index contributed by atoms with van der Waals surface area (Å²) in [6, 6.07) is 7.94. The van der Waals surface area contributed by atoms with E-state index in [0.717, 1.165) is 11.1 Å². The quantitative estimate of drug-likeness (QED) is 0.857. The molecule has 0 radical (unpaired) electrons. The molecule has 0 spiro atoms. The lowest BCUT2D eigenvalue weighted by atomic mass is 10.1. The molecular weight excluding hydrogens is 216 g/mol. The largest absolute Gasteiger partial charge is 0.347 e. The summed E-state index contributed by atoms with van der Waals surface area (Å²) in [6.07, 6.45) is 1.59. The number of hydrogen-bond acceptors (Lipinski definition) is 3. The van der Waals surface area contributed by atoms with Gasteiger partial charge < -0.3 is 5.32 Å². The fraction of sp³-hybridized carbons (Fsp3) is 0.250. The van der Waals surface area contributed by atoms with Gasteiger partial charge in [0, 0.05) is 13.6 Å². The Morgan fingerprint density at radius 1 is 1.41 bits per heavy atom. The number of rotatable bonds is 3. The molecule has 5 heteroatoms. The van der Waals surface area contributed by atoms with Crippen molar-refractivity contribution in [2.75, 3.05) is 0 Å². The molecule has 1 aromatic carbocycles. The summed E-state index contributed by atoms with van der Waals surface area (Å²) in [5.41, 5.74) is 2.60. The van der Waals surface area contributed by atoms with Crippen LogP contribution in [0, 0.1) is 6.92 Å². The first-order chi connectivity index (χ1) is 8.16. The van der Waals surface area contributed by atoms with Gasteiger partial charge in [0.05, 0.1) is 6.20 Å². The van der Waals surface area contributed by atoms with Gasteiger partial charge in [-0.3, -0.25) is 9.48 Å². The molecule has 0 atom stereocenters. The number of nitrogens with zero attached hydrogens (tertiary/aromatic N) is 3. The van der Waals surface area contributed by atoms with Gasteiger partial charge in [-0.05, 0) is 18.1 Å². The third-order valence-electron chi connectivity index (χ3n) is 2.54. The summed E-state index contributed by atoms with van der Waals surface area (Å²) in [5.74, 6) is -0.207. The van der Waals surface area contributed by atoms with Crippen molar-refractivity contribution in [3.8, 4) is 0 Å². The molecule has 1 N–H and O–H groups in total. The summed E-state index contributed by atoms with van der Waals surface area (Å²) < 4.78 is 1.50. The zero-order valence-corrected chi connectivity index (χ0v) is 9.84. The van der Waals surface area contributed by atoms with Crippen LogP contribution in [0.4, 0.5) is 0 Å². The van der Waals surface area contributed by atoms with Gasteiger partial charge in [-0.2, -0.15) is 0 Å². The topological polar surface area (TPSA) is 59.8 Å². The minimum atomic E-state index is -0.207. The van der Waals surface area contributed by atoms with Crippen molar-refractivity contribution in [1.82, 2.24) is 20.3 Å². The van der Waals surface area contributed by atoms with Crippen LogP contribution in [0.1, 0.15) is 21.6 Å². The van der Waals surface area contributed by atoms with Crippen LogP contribution in [-0.4, -0.2) is 20.9 Å². The molecule has 2 rings (SSSR count). The van der Waals surface area contributed by atoms with Crippen LogP contribution >= 0.6 is 0 Å². The molecular formula is C12H14N4O. The van der Waals surface area contributed by atoms with E-state index >= 15 is 0 Å². The molecule has 0 fully saturated rings. The van der Waals surface area contributed by atoms with E-state index in [0.29, 0.717) is 12.2 Å². The van der Waals surface area contributed by atoms with Crippen LogP contribution in [-0.2, 0) is 13.6 Å². The molecule has 2 aromatic rings. The second kappa shape index (κ2) is 4.78. The van der Waals surface area contributed by atoms with Crippen molar-refractivity contribution in [1.29, 1.82) is 0 Å². The fourth-order valence-electron chi connectivity index (χ4n) is 1.53. The van der Waals surface area contributed by atoms with Crippen molar-refractivity contribution >= 4 is 5.91 Å². The van der Waals surface area contributed by atoms with Gasteiger partial charge in [0.25, 0.3) is 5.91 Å². The first-order valence-corrected chi connectivity index (χ1v) is 5.36. The van der Waals surface area contributed by atoms with E-state index in [1.54, 1.807) is 13.2 Å². The molecule has 0 aliphatic heterocycles. The minimum absolute atomic E-state index is 0.207. The normalized spacial score (nSPS) is 10.2. The zero-order chi connectivity index (χ0) is 12.3. The number of benzene rings is 1. The molecule has 0 aliphatic carbocycles. The highest BCUT2D eigenvalue weighted by molar-refractivity contribution is 5.91. The number of amides is 1. The second-order valence-electron chi connectivity index (χ2n) is 3.89. The number of nitrogens with one attached hydrogen (secondary N) is 1. The Morgan fingerprint density at radius 2 is 2.18 bits per heavy atom. The molecule has 0 aliphatic rings. The van der Waals surface area contributed by atoms with Crippen LogP contribution < -0.4 is 5.32 Å².